The van der Waals surface area contributed by atoms with Crippen molar-refractivity contribution in [2.75, 3.05) is 32.8 Å². The van der Waals surface area contributed by atoms with Crippen LogP contribution in [0.3, 0.4) is 0 Å². The molecule has 29 heavy (non-hydrogen) atoms. The number of rotatable bonds is 7. The maximum atomic E-state index is 11.9. The van der Waals surface area contributed by atoms with Crippen molar-refractivity contribution in [1.29, 1.82) is 0 Å². The first kappa shape index (κ1) is 20.0. The molecule has 0 bridgehead atoms. The quantitative estimate of drug-likeness (QED) is 0.710. The fraction of sp³-hybridized carbons (Fsp3) is 0.565. The van der Waals surface area contributed by atoms with Gasteiger partial charge in [0.2, 0.25) is 11.8 Å². The predicted octanol–water partition coefficient (Wildman–Crippen LogP) is 3.88. The summed E-state index contributed by atoms with van der Waals surface area (Å²) in [6, 6.07) is 7.88. The van der Waals surface area contributed by atoms with E-state index in [4.69, 9.17) is 14.1 Å². The van der Waals surface area contributed by atoms with Crippen molar-refractivity contribution in [2.45, 2.75) is 46.1 Å². The van der Waals surface area contributed by atoms with Gasteiger partial charge in [-0.15, -0.1) is 0 Å². The molecule has 0 aliphatic carbocycles. The van der Waals surface area contributed by atoms with Gasteiger partial charge in [0.1, 0.15) is 11.5 Å². The lowest BCUT2D eigenvalue weighted by atomic mass is 9.97. The number of nitrogens with zero attached hydrogens (tertiary/aromatic N) is 3. The summed E-state index contributed by atoms with van der Waals surface area (Å²) in [4.78, 5) is 21.2. The lowest BCUT2D eigenvalue weighted by Crippen LogP contribution is -2.41. The highest BCUT2D eigenvalue weighted by molar-refractivity contribution is 5.78. The van der Waals surface area contributed by atoms with E-state index in [1.54, 1.807) is 0 Å². The van der Waals surface area contributed by atoms with E-state index < -0.39 is 0 Å². The molecule has 0 radical (unpaired) electrons. The monoisotopic (exact) mass is 397 g/mol. The average Bonchev–Trinajstić information content (AvgIpc) is 3.29. The molecule has 2 fully saturated rings. The van der Waals surface area contributed by atoms with Crippen LogP contribution in [0.2, 0.25) is 0 Å². The van der Waals surface area contributed by atoms with Crippen LogP contribution in [0.1, 0.15) is 44.1 Å². The smallest absolute Gasteiger partial charge is 0.226 e. The molecule has 156 valence electrons. The molecule has 1 amide bonds. The fourth-order valence-electron chi connectivity index (χ4n) is 4.42. The van der Waals surface area contributed by atoms with Gasteiger partial charge in [0.25, 0.3) is 0 Å². The number of amides is 1. The van der Waals surface area contributed by atoms with E-state index in [1.807, 2.05) is 38.1 Å². The molecular formula is C23H31N3O3. The largest absolute Gasteiger partial charge is 0.494 e. The molecule has 0 spiro atoms. The molecule has 2 aromatic rings. The number of carbonyl (C=O) groups excluding carboxylic acids is 1. The number of likely N-dealkylation sites (tertiary alicyclic amines) is 2. The number of aromatic nitrogens is 1. The normalized spacial score (nSPS) is 20.4. The molecule has 1 atom stereocenters. The summed E-state index contributed by atoms with van der Waals surface area (Å²) in [5.41, 5.74) is 1.97. The minimum Gasteiger partial charge on any atom is -0.494 e. The van der Waals surface area contributed by atoms with Gasteiger partial charge in [-0.1, -0.05) is 0 Å². The SMILES string of the molecule is CCOc1ccc(-c2nc(CN3CCCC(CN4CCCC4=O)C3)c(C)o2)cc1. The van der Waals surface area contributed by atoms with E-state index >= 15 is 0 Å². The number of oxazole rings is 1. The Balaban J connectivity index is 1.38. The summed E-state index contributed by atoms with van der Waals surface area (Å²) in [5.74, 6) is 3.29. The Bertz CT molecular complexity index is 830. The number of benzene rings is 1. The van der Waals surface area contributed by atoms with E-state index in [2.05, 4.69) is 9.80 Å². The number of hydrogen-bond donors (Lipinski definition) is 0. The maximum absolute atomic E-state index is 11.9. The Morgan fingerprint density at radius 3 is 2.76 bits per heavy atom. The molecule has 1 aromatic heterocycles. The van der Waals surface area contributed by atoms with Gasteiger partial charge >= 0.3 is 0 Å². The highest BCUT2D eigenvalue weighted by Gasteiger charge is 2.27. The molecule has 0 N–H and O–H groups in total. The third-order valence-corrected chi connectivity index (χ3v) is 5.93. The topological polar surface area (TPSA) is 58.8 Å². The van der Waals surface area contributed by atoms with Gasteiger partial charge in [0, 0.05) is 38.2 Å². The number of carbonyl (C=O) groups is 1. The van der Waals surface area contributed by atoms with Crippen molar-refractivity contribution in [3.8, 4) is 17.2 Å². The van der Waals surface area contributed by atoms with Gasteiger partial charge in [-0.2, -0.15) is 0 Å². The Morgan fingerprint density at radius 2 is 2.03 bits per heavy atom. The van der Waals surface area contributed by atoms with Crippen molar-refractivity contribution in [1.82, 2.24) is 14.8 Å². The molecule has 6 nitrogen and oxygen atoms in total. The van der Waals surface area contributed by atoms with Crippen molar-refractivity contribution in [3.63, 3.8) is 0 Å². The van der Waals surface area contributed by atoms with Gasteiger partial charge in [-0.25, -0.2) is 4.98 Å². The van der Waals surface area contributed by atoms with Gasteiger partial charge < -0.3 is 14.1 Å². The second-order valence-electron chi connectivity index (χ2n) is 8.17. The third-order valence-electron chi connectivity index (χ3n) is 5.93. The van der Waals surface area contributed by atoms with Crippen molar-refractivity contribution in [2.24, 2.45) is 5.92 Å². The first-order valence-corrected chi connectivity index (χ1v) is 10.8. The summed E-state index contributed by atoms with van der Waals surface area (Å²) >= 11 is 0. The number of hydrogen-bond acceptors (Lipinski definition) is 5. The summed E-state index contributed by atoms with van der Waals surface area (Å²) in [7, 11) is 0. The van der Waals surface area contributed by atoms with Gasteiger partial charge in [-0.3, -0.25) is 9.69 Å². The number of aryl methyl sites for hydroxylation is 1. The molecule has 6 heteroatoms. The van der Waals surface area contributed by atoms with Gasteiger partial charge in [-0.05, 0) is 69.8 Å². The van der Waals surface area contributed by atoms with Crippen molar-refractivity contribution < 1.29 is 13.9 Å². The Hall–Kier alpha value is -2.34. The highest BCUT2D eigenvalue weighted by Crippen LogP contribution is 2.26. The molecule has 2 aliphatic rings. The first-order chi connectivity index (χ1) is 14.1. The van der Waals surface area contributed by atoms with E-state index in [0.717, 1.165) is 68.3 Å². The van der Waals surface area contributed by atoms with E-state index in [0.29, 0.717) is 24.3 Å². The molecule has 2 saturated heterocycles. The zero-order chi connectivity index (χ0) is 20.2. The van der Waals surface area contributed by atoms with Crippen LogP contribution in [-0.4, -0.2) is 53.5 Å². The Labute approximate surface area is 172 Å². The highest BCUT2D eigenvalue weighted by atomic mass is 16.5. The second kappa shape index (κ2) is 8.99. The molecule has 4 rings (SSSR count). The lowest BCUT2D eigenvalue weighted by Gasteiger charge is -2.34. The summed E-state index contributed by atoms with van der Waals surface area (Å²) in [6.07, 6.45) is 4.12. The zero-order valence-corrected chi connectivity index (χ0v) is 17.5. The first-order valence-electron chi connectivity index (χ1n) is 10.8. The van der Waals surface area contributed by atoms with Crippen LogP contribution in [0.25, 0.3) is 11.5 Å². The lowest BCUT2D eigenvalue weighted by molar-refractivity contribution is -0.128. The minimum absolute atomic E-state index is 0.328. The van der Waals surface area contributed by atoms with Crippen molar-refractivity contribution >= 4 is 5.91 Å². The van der Waals surface area contributed by atoms with Crippen LogP contribution < -0.4 is 4.74 Å². The summed E-state index contributed by atoms with van der Waals surface area (Å²) < 4.78 is 11.5. The molecular weight excluding hydrogens is 366 g/mol. The third kappa shape index (κ3) is 4.81. The number of piperidine rings is 1. The Kier molecular flexibility index (Phi) is 6.19. The standard InChI is InChI=1S/C23H31N3O3/c1-3-28-20-10-8-19(9-11-20)23-24-21(17(2)29-23)16-25-12-4-6-18(14-25)15-26-13-5-7-22(26)27/h8-11,18H,3-7,12-16H2,1-2H3. The van der Waals surface area contributed by atoms with Gasteiger partial charge in [0.15, 0.2) is 0 Å². The van der Waals surface area contributed by atoms with E-state index in [1.165, 1.54) is 12.8 Å². The minimum atomic E-state index is 0.328. The van der Waals surface area contributed by atoms with E-state index in [9.17, 15) is 4.79 Å². The molecule has 2 aliphatic heterocycles. The zero-order valence-electron chi connectivity index (χ0n) is 17.5. The van der Waals surface area contributed by atoms with Crippen LogP contribution >= 0.6 is 0 Å². The van der Waals surface area contributed by atoms with Crippen LogP contribution in [0.4, 0.5) is 0 Å². The molecule has 1 aromatic carbocycles. The van der Waals surface area contributed by atoms with Crippen LogP contribution in [-0.2, 0) is 11.3 Å². The summed E-state index contributed by atoms with van der Waals surface area (Å²) in [6.45, 7) is 9.37. The van der Waals surface area contributed by atoms with Crippen LogP contribution in [0, 0.1) is 12.8 Å². The average molecular weight is 398 g/mol. The molecule has 0 saturated carbocycles. The second-order valence-corrected chi connectivity index (χ2v) is 8.17. The maximum Gasteiger partial charge on any atom is 0.226 e. The van der Waals surface area contributed by atoms with Crippen LogP contribution in [0.15, 0.2) is 28.7 Å². The van der Waals surface area contributed by atoms with E-state index in [-0.39, 0.29) is 0 Å². The Morgan fingerprint density at radius 1 is 1.21 bits per heavy atom. The van der Waals surface area contributed by atoms with Crippen LogP contribution in [0.5, 0.6) is 5.75 Å². The fourth-order valence-corrected chi connectivity index (χ4v) is 4.42. The predicted molar refractivity (Wildman–Crippen MR) is 112 cm³/mol. The number of ether oxygens (including phenoxy) is 1. The summed E-state index contributed by atoms with van der Waals surface area (Å²) in [5, 5.41) is 0. The molecule has 3 heterocycles. The van der Waals surface area contributed by atoms with Gasteiger partial charge in [0.05, 0.1) is 12.3 Å². The van der Waals surface area contributed by atoms with Crippen molar-refractivity contribution in [3.05, 3.63) is 35.7 Å². The molecule has 1 unspecified atom stereocenters.